The number of amides is 1. The van der Waals surface area contributed by atoms with Gasteiger partial charge in [0.25, 0.3) is 5.91 Å². The van der Waals surface area contributed by atoms with Crippen molar-refractivity contribution in [2.45, 2.75) is 50.8 Å². The van der Waals surface area contributed by atoms with Gasteiger partial charge < -0.3 is 15.3 Å². The summed E-state index contributed by atoms with van der Waals surface area (Å²) in [6, 6.07) is 4.00. The summed E-state index contributed by atoms with van der Waals surface area (Å²) in [6.07, 6.45) is 4.87. The Morgan fingerprint density at radius 2 is 2.15 bits per heavy atom. The van der Waals surface area contributed by atoms with Gasteiger partial charge in [-0.3, -0.25) is 4.79 Å². The number of carbonyl (C=O) groups excluding carboxylic acids is 1. The number of pyridine rings is 1. The van der Waals surface area contributed by atoms with Crippen LogP contribution in [0.4, 0.5) is 5.82 Å². The van der Waals surface area contributed by atoms with Crippen LogP contribution in [0.25, 0.3) is 0 Å². The van der Waals surface area contributed by atoms with Gasteiger partial charge in [0.1, 0.15) is 5.82 Å². The molecule has 2 aliphatic rings. The minimum atomic E-state index is -0.251. The highest BCUT2D eigenvalue weighted by Crippen LogP contribution is 2.37. The summed E-state index contributed by atoms with van der Waals surface area (Å²) in [6.45, 7) is 2.73. The standard InChI is InChI=1S/C15H21N3O2/c1-2-16-14-13(4-3-7-17-14)15(20)18-10-5-6-11(18)9-12(19)8-10/h3-4,7,10-12,19H,2,5-6,8-9H2,1H3,(H,16,17). The number of aromatic nitrogens is 1. The third-order valence-electron chi connectivity index (χ3n) is 4.33. The number of hydrogen-bond acceptors (Lipinski definition) is 4. The first-order valence-electron chi connectivity index (χ1n) is 7.40. The van der Waals surface area contributed by atoms with E-state index in [9.17, 15) is 9.90 Å². The summed E-state index contributed by atoms with van der Waals surface area (Å²) in [5.74, 6) is 0.707. The van der Waals surface area contributed by atoms with Crippen molar-refractivity contribution in [2.24, 2.45) is 0 Å². The predicted octanol–water partition coefficient (Wildman–Crippen LogP) is 1.64. The Kier molecular flexibility index (Phi) is 3.61. The molecule has 0 aliphatic carbocycles. The summed E-state index contributed by atoms with van der Waals surface area (Å²) in [4.78, 5) is 19.1. The predicted molar refractivity (Wildman–Crippen MR) is 76.6 cm³/mol. The lowest BCUT2D eigenvalue weighted by Crippen LogP contribution is -2.48. The Morgan fingerprint density at radius 1 is 1.45 bits per heavy atom. The quantitative estimate of drug-likeness (QED) is 0.880. The molecular weight excluding hydrogens is 254 g/mol. The Hall–Kier alpha value is -1.62. The minimum absolute atomic E-state index is 0.0495. The van der Waals surface area contributed by atoms with E-state index in [-0.39, 0.29) is 24.1 Å². The van der Waals surface area contributed by atoms with Crippen LogP contribution < -0.4 is 5.32 Å². The van der Waals surface area contributed by atoms with Gasteiger partial charge in [0.2, 0.25) is 0 Å². The first kappa shape index (κ1) is 13.4. The minimum Gasteiger partial charge on any atom is -0.393 e. The molecule has 1 amide bonds. The van der Waals surface area contributed by atoms with Crippen molar-refractivity contribution in [2.75, 3.05) is 11.9 Å². The Labute approximate surface area is 119 Å². The lowest BCUT2D eigenvalue weighted by Gasteiger charge is -2.37. The molecule has 5 heteroatoms. The fourth-order valence-electron chi connectivity index (χ4n) is 3.51. The Bertz CT molecular complexity index is 492. The molecule has 2 fully saturated rings. The van der Waals surface area contributed by atoms with E-state index in [0.29, 0.717) is 24.2 Å². The zero-order chi connectivity index (χ0) is 14.1. The van der Waals surface area contributed by atoms with E-state index in [1.807, 2.05) is 17.9 Å². The molecule has 2 saturated heterocycles. The second-order valence-corrected chi connectivity index (χ2v) is 5.65. The number of rotatable bonds is 3. The molecule has 0 aromatic carbocycles. The Balaban J connectivity index is 1.86. The van der Waals surface area contributed by atoms with Gasteiger partial charge in [-0.1, -0.05) is 0 Å². The number of fused-ring (bicyclic) bond motifs is 2. The van der Waals surface area contributed by atoms with Crippen molar-refractivity contribution in [1.29, 1.82) is 0 Å². The van der Waals surface area contributed by atoms with E-state index in [2.05, 4.69) is 10.3 Å². The van der Waals surface area contributed by atoms with Crippen LogP contribution in [-0.2, 0) is 0 Å². The van der Waals surface area contributed by atoms with Gasteiger partial charge in [-0.05, 0) is 44.7 Å². The third kappa shape index (κ3) is 2.26. The van der Waals surface area contributed by atoms with Crippen LogP contribution in [0.3, 0.4) is 0 Å². The fourth-order valence-corrected chi connectivity index (χ4v) is 3.51. The van der Waals surface area contributed by atoms with E-state index in [1.165, 1.54) is 0 Å². The van der Waals surface area contributed by atoms with Gasteiger partial charge in [-0.2, -0.15) is 0 Å². The van der Waals surface area contributed by atoms with Crippen LogP contribution in [0.2, 0.25) is 0 Å². The monoisotopic (exact) mass is 275 g/mol. The lowest BCUT2D eigenvalue weighted by molar-refractivity contribution is 0.0287. The largest absolute Gasteiger partial charge is 0.393 e. The second-order valence-electron chi connectivity index (χ2n) is 5.65. The first-order valence-corrected chi connectivity index (χ1v) is 7.40. The van der Waals surface area contributed by atoms with E-state index < -0.39 is 0 Å². The molecule has 0 saturated carbocycles. The van der Waals surface area contributed by atoms with Crippen LogP contribution in [0.1, 0.15) is 43.0 Å². The summed E-state index contributed by atoms with van der Waals surface area (Å²) in [5, 5.41) is 13.0. The molecule has 3 heterocycles. The smallest absolute Gasteiger partial charge is 0.258 e. The van der Waals surface area contributed by atoms with E-state index in [4.69, 9.17) is 0 Å². The highest BCUT2D eigenvalue weighted by molar-refractivity contribution is 5.99. The SMILES string of the molecule is CCNc1ncccc1C(=O)N1C2CCC1CC(O)C2. The summed E-state index contributed by atoms with van der Waals surface area (Å²) in [5.41, 5.74) is 0.641. The number of carbonyl (C=O) groups is 1. The van der Waals surface area contributed by atoms with Crippen LogP contribution >= 0.6 is 0 Å². The van der Waals surface area contributed by atoms with Crippen molar-refractivity contribution < 1.29 is 9.90 Å². The van der Waals surface area contributed by atoms with Gasteiger partial charge in [0.05, 0.1) is 11.7 Å². The maximum atomic E-state index is 12.8. The molecule has 0 spiro atoms. The molecule has 20 heavy (non-hydrogen) atoms. The average Bonchev–Trinajstić information content (AvgIpc) is 2.71. The molecule has 2 unspecified atom stereocenters. The molecule has 1 aromatic rings. The number of aliphatic hydroxyl groups excluding tert-OH is 1. The molecule has 3 rings (SSSR count). The molecule has 0 radical (unpaired) electrons. The molecule has 5 nitrogen and oxygen atoms in total. The van der Waals surface area contributed by atoms with Gasteiger partial charge in [0, 0.05) is 24.8 Å². The summed E-state index contributed by atoms with van der Waals surface area (Å²) in [7, 11) is 0. The fraction of sp³-hybridized carbons (Fsp3) is 0.600. The van der Waals surface area contributed by atoms with E-state index in [0.717, 1.165) is 19.4 Å². The Morgan fingerprint density at radius 3 is 2.80 bits per heavy atom. The van der Waals surface area contributed by atoms with Gasteiger partial charge >= 0.3 is 0 Å². The molecule has 1 aromatic heterocycles. The zero-order valence-electron chi connectivity index (χ0n) is 11.7. The number of nitrogens with one attached hydrogen (secondary N) is 1. The number of aliphatic hydroxyl groups is 1. The number of hydrogen-bond donors (Lipinski definition) is 2. The highest BCUT2D eigenvalue weighted by Gasteiger charge is 2.43. The van der Waals surface area contributed by atoms with Crippen LogP contribution in [0.5, 0.6) is 0 Å². The van der Waals surface area contributed by atoms with Crippen molar-refractivity contribution >= 4 is 11.7 Å². The van der Waals surface area contributed by atoms with Crippen LogP contribution in [0, 0.1) is 0 Å². The van der Waals surface area contributed by atoms with Crippen LogP contribution in [-0.4, -0.2) is 45.6 Å². The first-order chi connectivity index (χ1) is 9.70. The number of nitrogens with zero attached hydrogens (tertiary/aromatic N) is 2. The number of anilines is 1. The summed E-state index contributed by atoms with van der Waals surface area (Å²) < 4.78 is 0. The second kappa shape index (κ2) is 5.40. The molecule has 2 atom stereocenters. The van der Waals surface area contributed by atoms with Gasteiger partial charge in [-0.15, -0.1) is 0 Å². The van der Waals surface area contributed by atoms with Crippen molar-refractivity contribution in [3.63, 3.8) is 0 Å². The maximum Gasteiger partial charge on any atom is 0.258 e. The van der Waals surface area contributed by atoms with E-state index >= 15 is 0 Å². The topological polar surface area (TPSA) is 65.5 Å². The zero-order valence-corrected chi connectivity index (χ0v) is 11.7. The molecule has 108 valence electrons. The number of piperidine rings is 1. The molecule has 2 aliphatic heterocycles. The van der Waals surface area contributed by atoms with Gasteiger partial charge in [-0.25, -0.2) is 4.98 Å². The van der Waals surface area contributed by atoms with Crippen molar-refractivity contribution in [1.82, 2.24) is 9.88 Å². The van der Waals surface area contributed by atoms with Crippen LogP contribution in [0.15, 0.2) is 18.3 Å². The van der Waals surface area contributed by atoms with Crippen molar-refractivity contribution in [3.8, 4) is 0 Å². The highest BCUT2D eigenvalue weighted by atomic mass is 16.3. The third-order valence-corrected chi connectivity index (χ3v) is 4.33. The molecular formula is C15H21N3O2. The van der Waals surface area contributed by atoms with Crippen molar-refractivity contribution in [3.05, 3.63) is 23.9 Å². The maximum absolute atomic E-state index is 12.8. The normalized spacial score (nSPS) is 28.5. The molecule has 2 N–H and O–H groups in total. The average molecular weight is 275 g/mol. The van der Waals surface area contributed by atoms with Gasteiger partial charge in [0.15, 0.2) is 0 Å². The lowest BCUT2D eigenvalue weighted by atomic mass is 9.99. The van der Waals surface area contributed by atoms with E-state index in [1.54, 1.807) is 12.3 Å². The molecule has 2 bridgehead atoms. The summed E-state index contributed by atoms with van der Waals surface area (Å²) >= 11 is 0.